The lowest BCUT2D eigenvalue weighted by Gasteiger charge is -2.10. The predicted octanol–water partition coefficient (Wildman–Crippen LogP) is 3.66. The molecule has 0 fully saturated rings. The highest BCUT2D eigenvalue weighted by molar-refractivity contribution is 9.10. The number of nitrogens with zero attached hydrogens (tertiary/aromatic N) is 3. The van der Waals surface area contributed by atoms with E-state index in [-0.39, 0.29) is 11.5 Å². The van der Waals surface area contributed by atoms with Gasteiger partial charge in [0.05, 0.1) is 11.8 Å². The molecular weight excluding hydrogens is 436 g/mol. The van der Waals surface area contributed by atoms with Gasteiger partial charge in [-0.15, -0.1) is 0 Å². The van der Waals surface area contributed by atoms with Crippen LogP contribution in [0.1, 0.15) is 31.2 Å². The first-order valence-corrected chi connectivity index (χ1v) is 10.4. The van der Waals surface area contributed by atoms with Crippen LogP contribution >= 0.6 is 15.9 Å². The van der Waals surface area contributed by atoms with Crippen LogP contribution in [0.5, 0.6) is 0 Å². The number of hydrogen-bond acceptors (Lipinski definition) is 4. The van der Waals surface area contributed by atoms with E-state index < -0.39 is 0 Å². The summed E-state index contributed by atoms with van der Waals surface area (Å²) < 4.78 is 9.71. The second-order valence-electron chi connectivity index (χ2n) is 6.84. The van der Waals surface area contributed by atoms with Crippen LogP contribution in [0.25, 0.3) is 16.6 Å². The Bertz CT molecular complexity index is 1240. The Kier molecular flexibility index (Phi) is 5.53. The molecule has 0 aliphatic carbocycles. The van der Waals surface area contributed by atoms with Gasteiger partial charge in [0.2, 0.25) is 5.91 Å². The van der Waals surface area contributed by atoms with Crippen LogP contribution in [-0.2, 0) is 24.3 Å². The molecule has 0 spiro atoms. The molecule has 4 aromatic rings. The second-order valence-corrected chi connectivity index (χ2v) is 7.76. The number of carbonyl (C=O) groups is 1. The van der Waals surface area contributed by atoms with Crippen LogP contribution in [0.3, 0.4) is 0 Å². The van der Waals surface area contributed by atoms with Gasteiger partial charge < -0.3 is 9.73 Å². The summed E-state index contributed by atoms with van der Waals surface area (Å²) in [5.74, 6) is 0.741. The SMILES string of the molecule is CCc1nn(CCCC(=O)NCc2cccc(Br)c2)c(=O)c2cc3occc3n12. The topological polar surface area (TPSA) is 81.5 Å². The van der Waals surface area contributed by atoms with Crippen molar-refractivity contribution in [2.24, 2.45) is 0 Å². The van der Waals surface area contributed by atoms with Crippen molar-refractivity contribution in [2.75, 3.05) is 0 Å². The molecule has 8 heteroatoms. The van der Waals surface area contributed by atoms with Crippen molar-refractivity contribution in [1.29, 1.82) is 0 Å². The van der Waals surface area contributed by atoms with Crippen molar-refractivity contribution in [3.63, 3.8) is 0 Å². The Balaban J connectivity index is 1.42. The molecule has 0 radical (unpaired) electrons. The Labute approximate surface area is 175 Å². The second kappa shape index (κ2) is 8.24. The quantitative estimate of drug-likeness (QED) is 0.459. The van der Waals surface area contributed by atoms with E-state index in [4.69, 9.17) is 4.42 Å². The van der Waals surface area contributed by atoms with E-state index in [0.29, 0.717) is 43.5 Å². The third-order valence-corrected chi connectivity index (χ3v) is 5.33. The number of furan rings is 1. The molecule has 0 unspecified atom stereocenters. The van der Waals surface area contributed by atoms with Crippen LogP contribution < -0.4 is 10.9 Å². The molecule has 0 aliphatic rings. The third kappa shape index (κ3) is 3.98. The Morgan fingerprint density at radius 2 is 2.10 bits per heavy atom. The predicted molar refractivity (Wildman–Crippen MR) is 114 cm³/mol. The minimum Gasteiger partial charge on any atom is -0.463 e. The number of hydrogen-bond donors (Lipinski definition) is 1. The number of halogens is 1. The fraction of sp³-hybridized carbons (Fsp3) is 0.286. The highest BCUT2D eigenvalue weighted by atomic mass is 79.9. The molecule has 7 nitrogen and oxygen atoms in total. The summed E-state index contributed by atoms with van der Waals surface area (Å²) >= 11 is 3.42. The van der Waals surface area contributed by atoms with E-state index in [1.165, 1.54) is 4.68 Å². The number of aromatic nitrogens is 3. The van der Waals surface area contributed by atoms with Crippen LogP contribution in [-0.4, -0.2) is 20.1 Å². The summed E-state index contributed by atoms with van der Waals surface area (Å²) in [5.41, 5.74) is 2.92. The minimum atomic E-state index is -0.178. The summed E-state index contributed by atoms with van der Waals surface area (Å²) in [6.07, 6.45) is 3.15. The molecule has 3 heterocycles. The van der Waals surface area contributed by atoms with Gasteiger partial charge in [-0.1, -0.05) is 35.0 Å². The molecule has 0 saturated carbocycles. The van der Waals surface area contributed by atoms with Crippen LogP contribution in [0.4, 0.5) is 0 Å². The van der Waals surface area contributed by atoms with Gasteiger partial charge in [0, 0.05) is 42.5 Å². The maximum atomic E-state index is 12.8. The number of carbonyl (C=O) groups excluding carboxylic acids is 1. The Morgan fingerprint density at radius 1 is 1.24 bits per heavy atom. The maximum Gasteiger partial charge on any atom is 0.291 e. The first-order valence-electron chi connectivity index (χ1n) is 9.56. The van der Waals surface area contributed by atoms with Gasteiger partial charge >= 0.3 is 0 Å². The number of nitrogens with one attached hydrogen (secondary N) is 1. The fourth-order valence-corrected chi connectivity index (χ4v) is 3.87. The van der Waals surface area contributed by atoms with E-state index in [9.17, 15) is 9.59 Å². The van der Waals surface area contributed by atoms with Crippen molar-refractivity contribution in [1.82, 2.24) is 19.5 Å². The summed E-state index contributed by atoms with van der Waals surface area (Å²) in [4.78, 5) is 25.0. The van der Waals surface area contributed by atoms with Gasteiger partial charge in [-0.3, -0.25) is 14.0 Å². The molecule has 29 heavy (non-hydrogen) atoms. The number of fused-ring (bicyclic) bond motifs is 3. The van der Waals surface area contributed by atoms with Gasteiger partial charge in [-0.25, -0.2) is 4.68 Å². The molecule has 0 atom stereocenters. The zero-order chi connectivity index (χ0) is 20.4. The van der Waals surface area contributed by atoms with Crippen LogP contribution in [0, 0.1) is 0 Å². The highest BCUT2D eigenvalue weighted by Gasteiger charge is 2.15. The molecule has 4 rings (SSSR count). The average molecular weight is 457 g/mol. The van der Waals surface area contributed by atoms with E-state index >= 15 is 0 Å². The van der Waals surface area contributed by atoms with Gasteiger partial charge in [-0.05, 0) is 24.1 Å². The smallest absolute Gasteiger partial charge is 0.291 e. The summed E-state index contributed by atoms with van der Waals surface area (Å²) in [6.45, 7) is 2.86. The lowest BCUT2D eigenvalue weighted by molar-refractivity contribution is -0.121. The molecule has 0 aliphatic heterocycles. The van der Waals surface area contributed by atoms with Crippen molar-refractivity contribution < 1.29 is 9.21 Å². The Morgan fingerprint density at radius 3 is 2.90 bits per heavy atom. The van der Waals surface area contributed by atoms with E-state index in [1.54, 1.807) is 12.3 Å². The van der Waals surface area contributed by atoms with Gasteiger partial charge in [0.25, 0.3) is 5.56 Å². The van der Waals surface area contributed by atoms with Crippen molar-refractivity contribution >= 4 is 38.5 Å². The monoisotopic (exact) mass is 456 g/mol. The number of amides is 1. The van der Waals surface area contributed by atoms with E-state index in [1.807, 2.05) is 41.7 Å². The van der Waals surface area contributed by atoms with E-state index in [0.717, 1.165) is 21.4 Å². The molecule has 1 aromatic carbocycles. The largest absolute Gasteiger partial charge is 0.463 e. The lowest BCUT2D eigenvalue weighted by Crippen LogP contribution is -2.28. The molecule has 1 amide bonds. The normalized spacial score (nSPS) is 11.4. The third-order valence-electron chi connectivity index (χ3n) is 4.84. The van der Waals surface area contributed by atoms with Crippen molar-refractivity contribution in [2.45, 2.75) is 39.3 Å². The standard InChI is InChI=1S/C21H21BrN4O3/c1-2-19-24-25(21(28)17-12-18-16(26(17)19)8-10-29-18)9-4-7-20(27)23-13-14-5-3-6-15(22)11-14/h3,5-6,8,10-12H,2,4,7,9,13H2,1H3,(H,23,27). The molecule has 3 aromatic heterocycles. The minimum absolute atomic E-state index is 0.0463. The molecular formula is C21H21BrN4O3. The van der Waals surface area contributed by atoms with E-state index in [2.05, 4.69) is 26.3 Å². The zero-order valence-electron chi connectivity index (χ0n) is 16.0. The highest BCUT2D eigenvalue weighted by Crippen LogP contribution is 2.20. The van der Waals surface area contributed by atoms with Crippen LogP contribution in [0.15, 0.2) is 56.3 Å². The number of aryl methyl sites for hydroxylation is 2. The molecule has 1 N–H and O–H groups in total. The van der Waals surface area contributed by atoms with Crippen molar-refractivity contribution in [3.8, 4) is 0 Å². The fourth-order valence-electron chi connectivity index (χ4n) is 3.43. The first kappa shape index (κ1) is 19.4. The molecule has 0 saturated heterocycles. The summed E-state index contributed by atoms with van der Waals surface area (Å²) in [6, 6.07) is 11.4. The number of rotatable bonds is 7. The zero-order valence-corrected chi connectivity index (χ0v) is 17.6. The maximum absolute atomic E-state index is 12.8. The van der Waals surface area contributed by atoms with Gasteiger partial charge in [0.15, 0.2) is 5.58 Å². The van der Waals surface area contributed by atoms with Crippen LogP contribution in [0.2, 0.25) is 0 Å². The summed E-state index contributed by atoms with van der Waals surface area (Å²) in [5, 5.41) is 7.42. The van der Waals surface area contributed by atoms with Gasteiger partial charge in [-0.2, -0.15) is 5.10 Å². The molecule has 150 valence electrons. The Hall–Kier alpha value is -2.87. The van der Waals surface area contributed by atoms with Gasteiger partial charge in [0.1, 0.15) is 11.3 Å². The number of benzene rings is 1. The lowest BCUT2D eigenvalue weighted by atomic mass is 10.2. The van der Waals surface area contributed by atoms with Crippen molar-refractivity contribution in [3.05, 3.63) is 68.9 Å². The average Bonchev–Trinajstić information content (AvgIpc) is 3.30. The molecule has 0 bridgehead atoms. The first-order chi connectivity index (χ1) is 14.1. The summed E-state index contributed by atoms with van der Waals surface area (Å²) in [7, 11) is 0.